The minimum atomic E-state index is -0.121. The molecule has 0 unspecified atom stereocenters. The summed E-state index contributed by atoms with van der Waals surface area (Å²) in [4.78, 5) is 27.3. The lowest BCUT2D eigenvalue weighted by atomic mass is 10.2. The van der Waals surface area contributed by atoms with E-state index >= 15 is 0 Å². The van der Waals surface area contributed by atoms with E-state index in [2.05, 4.69) is 15.5 Å². The van der Waals surface area contributed by atoms with Crippen LogP contribution in [0.15, 0.2) is 59.5 Å². The monoisotopic (exact) mass is 385 g/mol. The average molecular weight is 386 g/mol. The Morgan fingerprint density at radius 1 is 1.04 bits per heavy atom. The number of benzene rings is 2. The third-order valence-electron chi connectivity index (χ3n) is 3.87. The van der Waals surface area contributed by atoms with E-state index in [1.54, 1.807) is 6.07 Å². The Kier molecular flexibility index (Phi) is 8.20. The van der Waals surface area contributed by atoms with Crippen LogP contribution in [0.1, 0.15) is 24.2 Å². The van der Waals surface area contributed by atoms with Crippen LogP contribution in [0.3, 0.4) is 0 Å². The number of para-hydroxylation sites is 1. The number of amides is 2. The zero-order valence-corrected chi connectivity index (χ0v) is 16.9. The highest BCUT2D eigenvalue weighted by molar-refractivity contribution is 8.00. The predicted molar refractivity (Wildman–Crippen MR) is 112 cm³/mol. The molecule has 144 valence electrons. The molecule has 0 aliphatic rings. The fourth-order valence-electron chi connectivity index (χ4n) is 2.53. The summed E-state index contributed by atoms with van der Waals surface area (Å²) in [6.07, 6.45) is 0. The Morgan fingerprint density at radius 3 is 2.41 bits per heavy atom. The molecule has 2 aromatic rings. The van der Waals surface area contributed by atoms with Crippen LogP contribution < -0.4 is 15.5 Å². The van der Waals surface area contributed by atoms with E-state index in [1.165, 1.54) is 11.8 Å². The largest absolute Gasteiger partial charge is 0.373 e. The molecule has 2 rings (SSSR count). The molecule has 0 radical (unpaired) electrons. The molecule has 0 aliphatic carbocycles. The predicted octanol–water partition coefficient (Wildman–Crippen LogP) is 3.17. The SMILES string of the molecule is CC(C)NC(=O)CSc1ccccc1C(=O)NCCN(C)c1ccccc1. The molecule has 0 saturated heterocycles. The van der Waals surface area contributed by atoms with E-state index in [4.69, 9.17) is 0 Å². The number of rotatable bonds is 9. The number of thioether (sulfide) groups is 1. The second-order valence-electron chi connectivity index (χ2n) is 6.52. The van der Waals surface area contributed by atoms with Gasteiger partial charge in [-0.2, -0.15) is 0 Å². The van der Waals surface area contributed by atoms with Crippen LogP contribution in [0.4, 0.5) is 5.69 Å². The topological polar surface area (TPSA) is 61.4 Å². The number of carbonyl (C=O) groups is 2. The maximum absolute atomic E-state index is 12.6. The Balaban J connectivity index is 1.88. The number of carbonyl (C=O) groups excluding carboxylic acids is 2. The molecular weight excluding hydrogens is 358 g/mol. The van der Waals surface area contributed by atoms with E-state index < -0.39 is 0 Å². The molecule has 5 nitrogen and oxygen atoms in total. The quantitative estimate of drug-likeness (QED) is 0.651. The number of anilines is 1. The number of likely N-dealkylation sites (N-methyl/N-ethyl adjacent to an activating group) is 1. The normalized spacial score (nSPS) is 10.5. The Morgan fingerprint density at radius 2 is 1.70 bits per heavy atom. The van der Waals surface area contributed by atoms with Crippen LogP contribution in [0.25, 0.3) is 0 Å². The number of hydrogen-bond donors (Lipinski definition) is 2. The van der Waals surface area contributed by atoms with Crippen LogP contribution in [0, 0.1) is 0 Å². The van der Waals surface area contributed by atoms with Gasteiger partial charge in [-0.1, -0.05) is 30.3 Å². The van der Waals surface area contributed by atoms with Crippen molar-refractivity contribution in [3.8, 4) is 0 Å². The van der Waals surface area contributed by atoms with E-state index in [0.717, 1.165) is 10.6 Å². The highest BCUT2D eigenvalue weighted by Gasteiger charge is 2.13. The number of hydrogen-bond acceptors (Lipinski definition) is 4. The molecule has 0 fully saturated rings. The maximum atomic E-state index is 12.6. The lowest BCUT2D eigenvalue weighted by Crippen LogP contribution is -2.33. The van der Waals surface area contributed by atoms with Gasteiger partial charge in [-0.15, -0.1) is 11.8 Å². The lowest BCUT2D eigenvalue weighted by molar-refractivity contribution is -0.119. The molecule has 27 heavy (non-hydrogen) atoms. The molecule has 2 aromatic carbocycles. The van der Waals surface area contributed by atoms with Crippen LogP contribution >= 0.6 is 11.8 Å². The third kappa shape index (κ3) is 6.98. The van der Waals surface area contributed by atoms with Gasteiger partial charge in [0.15, 0.2) is 0 Å². The fourth-order valence-corrected chi connectivity index (χ4v) is 3.39. The van der Waals surface area contributed by atoms with Gasteiger partial charge in [-0.05, 0) is 38.1 Å². The summed E-state index contributed by atoms with van der Waals surface area (Å²) in [6, 6.07) is 17.5. The second-order valence-corrected chi connectivity index (χ2v) is 7.54. The van der Waals surface area contributed by atoms with Gasteiger partial charge < -0.3 is 15.5 Å². The minimum Gasteiger partial charge on any atom is -0.373 e. The molecule has 0 aromatic heterocycles. The first kappa shape index (κ1) is 20.8. The third-order valence-corrected chi connectivity index (χ3v) is 4.94. The van der Waals surface area contributed by atoms with E-state index in [-0.39, 0.29) is 17.9 Å². The van der Waals surface area contributed by atoms with E-state index in [1.807, 2.05) is 69.4 Å². The highest BCUT2D eigenvalue weighted by Crippen LogP contribution is 2.22. The summed E-state index contributed by atoms with van der Waals surface area (Å²) in [7, 11) is 2.00. The molecule has 2 amide bonds. The summed E-state index contributed by atoms with van der Waals surface area (Å²) >= 11 is 1.38. The Labute approximate surface area is 165 Å². The molecule has 0 heterocycles. The van der Waals surface area contributed by atoms with Crippen molar-refractivity contribution in [3.63, 3.8) is 0 Å². The lowest BCUT2D eigenvalue weighted by Gasteiger charge is -2.19. The van der Waals surface area contributed by atoms with Crippen molar-refractivity contribution in [1.29, 1.82) is 0 Å². The fraction of sp³-hybridized carbons (Fsp3) is 0.333. The molecule has 2 N–H and O–H groups in total. The van der Waals surface area contributed by atoms with Crippen molar-refractivity contribution in [1.82, 2.24) is 10.6 Å². The first-order chi connectivity index (χ1) is 13.0. The van der Waals surface area contributed by atoms with E-state index in [0.29, 0.717) is 24.4 Å². The van der Waals surface area contributed by atoms with Crippen LogP contribution in [-0.4, -0.2) is 43.7 Å². The smallest absolute Gasteiger partial charge is 0.252 e. The summed E-state index contributed by atoms with van der Waals surface area (Å²) in [5, 5.41) is 5.82. The van der Waals surface area contributed by atoms with Gasteiger partial charge in [-0.25, -0.2) is 0 Å². The summed E-state index contributed by atoms with van der Waals surface area (Å²) in [6.45, 7) is 5.10. The number of nitrogens with zero attached hydrogens (tertiary/aromatic N) is 1. The Bertz CT molecular complexity index is 750. The van der Waals surface area contributed by atoms with Crippen molar-refractivity contribution >= 4 is 29.3 Å². The molecule has 0 atom stereocenters. The number of nitrogens with one attached hydrogen (secondary N) is 2. The molecule has 0 aliphatic heterocycles. The Hall–Kier alpha value is -2.47. The first-order valence-electron chi connectivity index (χ1n) is 9.03. The zero-order valence-electron chi connectivity index (χ0n) is 16.1. The zero-order chi connectivity index (χ0) is 19.6. The van der Waals surface area contributed by atoms with Gasteiger partial charge in [0.05, 0.1) is 11.3 Å². The maximum Gasteiger partial charge on any atom is 0.252 e. The van der Waals surface area contributed by atoms with Gasteiger partial charge in [0.25, 0.3) is 5.91 Å². The molecule has 0 bridgehead atoms. The summed E-state index contributed by atoms with van der Waals surface area (Å²) < 4.78 is 0. The van der Waals surface area contributed by atoms with Crippen molar-refractivity contribution in [2.75, 3.05) is 30.8 Å². The minimum absolute atomic E-state index is 0.0327. The van der Waals surface area contributed by atoms with E-state index in [9.17, 15) is 9.59 Å². The van der Waals surface area contributed by atoms with Gasteiger partial charge in [0.1, 0.15) is 0 Å². The van der Waals surface area contributed by atoms with Gasteiger partial charge in [0, 0.05) is 36.8 Å². The summed E-state index contributed by atoms with van der Waals surface area (Å²) in [5.41, 5.74) is 1.71. The first-order valence-corrected chi connectivity index (χ1v) is 10.0. The molecular formula is C21H27N3O2S. The molecule has 0 saturated carbocycles. The van der Waals surface area contributed by atoms with Crippen LogP contribution in [0.5, 0.6) is 0 Å². The average Bonchev–Trinajstić information content (AvgIpc) is 2.66. The van der Waals surface area contributed by atoms with Gasteiger partial charge >= 0.3 is 0 Å². The van der Waals surface area contributed by atoms with Gasteiger partial charge in [0.2, 0.25) is 5.91 Å². The van der Waals surface area contributed by atoms with Crippen LogP contribution in [-0.2, 0) is 4.79 Å². The molecule has 6 heteroatoms. The van der Waals surface area contributed by atoms with Crippen molar-refractivity contribution in [2.45, 2.75) is 24.8 Å². The van der Waals surface area contributed by atoms with Crippen molar-refractivity contribution in [3.05, 3.63) is 60.2 Å². The summed E-state index contributed by atoms with van der Waals surface area (Å²) in [5.74, 6) is 0.137. The molecule has 0 spiro atoms. The van der Waals surface area contributed by atoms with Crippen molar-refractivity contribution in [2.24, 2.45) is 0 Å². The van der Waals surface area contributed by atoms with Crippen LogP contribution in [0.2, 0.25) is 0 Å². The van der Waals surface area contributed by atoms with Crippen molar-refractivity contribution < 1.29 is 9.59 Å². The standard InChI is InChI=1S/C21H27N3O2S/c1-16(2)23-20(25)15-27-19-12-8-7-11-18(19)21(26)22-13-14-24(3)17-9-5-4-6-10-17/h4-12,16H,13-15H2,1-3H3,(H,22,26)(H,23,25). The second kappa shape index (κ2) is 10.6. The highest BCUT2D eigenvalue weighted by atomic mass is 32.2. The van der Waals surface area contributed by atoms with Gasteiger partial charge in [-0.3, -0.25) is 9.59 Å².